The zero-order valence-electron chi connectivity index (χ0n) is 15.9. The maximum Gasteiger partial charge on any atom is 0.243 e. The van der Waals surface area contributed by atoms with Crippen LogP contribution in [-0.2, 0) is 26.0 Å². The van der Waals surface area contributed by atoms with Crippen LogP contribution < -0.4 is 5.32 Å². The minimum Gasteiger partial charge on any atom is -0.379 e. The Morgan fingerprint density at radius 2 is 2.00 bits per heavy atom. The number of carbonyl (C=O) groups excluding carboxylic acids is 1. The highest BCUT2D eigenvalue weighted by Crippen LogP contribution is 2.24. The van der Waals surface area contributed by atoms with Crippen LogP contribution in [0.2, 0.25) is 0 Å². The number of carbonyl (C=O) groups is 1. The SMILES string of the molecule is Cc1ccc(NC(=O)CCCc2ccccn2)cc1S(=O)(=O)N1CCOCC1. The largest absolute Gasteiger partial charge is 0.379 e. The molecule has 2 aromatic rings. The molecule has 0 atom stereocenters. The van der Waals surface area contributed by atoms with Gasteiger partial charge in [0.2, 0.25) is 15.9 Å². The summed E-state index contributed by atoms with van der Waals surface area (Å²) in [5, 5.41) is 2.80. The fourth-order valence-electron chi connectivity index (χ4n) is 3.08. The Kier molecular flexibility index (Phi) is 6.77. The average molecular weight is 404 g/mol. The predicted octanol–water partition coefficient (Wildman–Crippen LogP) is 2.37. The van der Waals surface area contributed by atoms with Gasteiger partial charge in [-0.15, -0.1) is 0 Å². The second-order valence-electron chi connectivity index (χ2n) is 6.72. The van der Waals surface area contributed by atoms with E-state index in [1.54, 1.807) is 25.3 Å². The summed E-state index contributed by atoms with van der Waals surface area (Å²) < 4.78 is 32.5. The lowest BCUT2D eigenvalue weighted by atomic mass is 10.1. The quantitative estimate of drug-likeness (QED) is 0.767. The number of morpholine rings is 1. The summed E-state index contributed by atoms with van der Waals surface area (Å²) >= 11 is 0. The number of nitrogens with one attached hydrogen (secondary N) is 1. The number of pyridine rings is 1. The fourth-order valence-corrected chi connectivity index (χ4v) is 4.74. The van der Waals surface area contributed by atoms with Gasteiger partial charge in [0, 0.05) is 37.1 Å². The lowest BCUT2D eigenvalue weighted by molar-refractivity contribution is -0.116. The molecule has 1 N–H and O–H groups in total. The van der Waals surface area contributed by atoms with Crippen molar-refractivity contribution in [1.29, 1.82) is 0 Å². The van der Waals surface area contributed by atoms with Crippen LogP contribution in [0.3, 0.4) is 0 Å². The topological polar surface area (TPSA) is 88.6 Å². The van der Waals surface area contributed by atoms with Crippen LogP contribution in [0.25, 0.3) is 0 Å². The zero-order chi connectivity index (χ0) is 20.0. The van der Waals surface area contributed by atoms with E-state index in [0.717, 1.165) is 12.1 Å². The van der Waals surface area contributed by atoms with E-state index in [0.29, 0.717) is 50.4 Å². The van der Waals surface area contributed by atoms with E-state index in [2.05, 4.69) is 10.3 Å². The molecule has 2 heterocycles. The molecular weight excluding hydrogens is 378 g/mol. The third-order valence-electron chi connectivity index (χ3n) is 4.62. The Hall–Kier alpha value is -2.29. The number of nitrogens with zero attached hydrogens (tertiary/aromatic N) is 2. The zero-order valence-corrected chi connectivity index (χ0v) is 16.7. The Labute approximate surface area is 165 Å². The second-order valence-corrected chi connectivity index (χ2v) is 8.63. The molecule has 1 fully saturated rings. The van der Waals surface area contributed by atoms with Crippen molar-refractivity contribution in [3.05, 3.63) is 53.9 Å². The van der Waals surface area contributed by atoms with Crippen LogP contribution in [0, 0.1) is 6.92 Å². The highest BCUT2D eigenvalue weighted by atomic mass is 32.2. The monoisotopic (exact) mass is 403 g/mol. The van der Waals surface area contributed by atoms with Gasteiger partial charge in [-0.2, -0.15) is 4.31 Å². The van der Waals surface area contributed by atoms with E-state index in [1.807, 2.05) is 18.2 Å². The lowest BCUT2D eigenvalue weighted by Gasteiger charge is -2.26. The molecule has 28 heavy (non-hydrogen) atoms. The molecule has 0 unspecified atom stereocenters. The first-order valence-electron chi connectivity index (χ1n) is 9.35. The number of sulfonamides is 1. The minimum absolute atomic E-state index is 0.144. The van der Waals surface area contributed by atoms with E-state index >= 15 is 0 Å². The molecule has 0 aliphatic carbocycles. The number of hydrogen-bond donors (Lipinski definition) is 1. The molecule has 0 spiro atoms. The third-order valence-corrected chi connectivity index (χ3v) is 6.66. The van der Waals surface area contributed by atoms with Gasteiger partial charge in [-0.3, -0.25) is 9.78 Å². The molecule has 1 aliphatic heterocycles. The molecule has 1 aromatic carbocycles. The first-order chi connectivity index (χ1) is 13.5. The summed E-state index contributed by atoms with van der Waals surface area (Å²) in [5.74, 6) is -0.144. The predicted molar refractivity (Wildman–Crippen MR) is 107 cm³/mol. The number of anilines is 1. The van der Waals surface area contributed by atoms with Crippen LogP contribution >= 0.6 is 0 Å². The third kappa shape index (κ3) is 5.15. The number of amides is 1. The van der Waals surface area contributed by atoms with E-state index < -0.39 is 10.0 Å². The molecule has 8 heteroatoms. The van der Waals surface area contributed by atoms with Gasteiger partial charge in [-0.1, -0.05) is 12.1 Å². The maximum atomic E-state index is 12.9. The van der Waals surface area contributed by atoms with Crippen LogP contribution in [-0.4, -0.2) is 49.9 Å². The molecule has 7 nitrogen and oxygen atoms in total. The van der Waals surface area contributed by atoms with Gasteiger partial charge in [-0.05, 0) is 49.6 Å². The Morgan fingerprint density at radius 1 is 1.21 bits per heavy atom. The van der Waals surface area contributed by atoms with Crippen molar-refractivity contribution in [2.24, 2.45) is 0 Å². The van der Waals surface area contributed by atoms with Crippen molar-refractivity contribution in [2.45, 2.75) is 31.1 Å². The fraction of sp³-hybridized carbons (Fsp3) is 0.400. The molecule has 1 saturated heterocycles. The molecular formula is C20H25N3O4S. The van der Waals surface area contributed by atoms with E-state index in [9.17, 15) is 13.2 Å². The summed E-state index contributed by atoms with van der Waals surface area (Å²) in [7, 11) is -3.61. The van der Waals surface area contributed by atoms with Gasteiger partial charge < -0.3 is 10.1 Å². The lowest BCUT2D eigenvalue weighted by Crippen LogP contribution is -2.40. The van der Waals surface area contributed by atoms with Crippen molar-refractivity contribution in [2.75, 3.05) is 31.6 Å². The van der Waals surface area contributed by atoms with Crippen molar-refractivity contribution in [3.8, 4) is 0 Å². The van der Waals surface area contributed by atoms with E-state index in [4.69, 9.17) is 4.74 Å². The smallest absolute Gasteiger partial charge is 0.243 e. The highest BCUT2D eigenvalue weighted by Gasteiger charge is 2.28. The summed E-state index contributed by atoms with van der Waals surface area (Å²) in [6, 6.07) is 10.7. The molecule has 1 aromatic heterocycles. The number of aromatic nitrogens is 1. The van der Waals surface area contributed by atoms with Gasteiger partial charge in [0.1, 0.15) is 0 Å². The maximum absolute atomic E-state index is 12.9. The van der Waals surface area contributed by atoms with Crippen molar-refractivity contribution in [1.82, 2.24) is 9.29 Å². The van der Waals surface area contributed by atoms with E-state index in [1.165, 1.54) is 10.4 Å². The molecule has 3 rings (SSSR count). The van der Waals surface area contributed by atoms with Gasteiger partial charge in [-0.25, -0.2) is 8.42 Å². The molecule has 1 aliphatic rings. The van der Waals surface area contributed by atoms with Crippen LogP contribution in [0.4, 0.5) is 5.69 Å². The van der Waals surface area contributed by atoms with Crippen LogP contribution in [0.15, 0.2) is 47.5 Å². The Morgan fingerprint density at radius 3 is 2.71 bits per heavy atom. The summed E-state index contributed by atoms with van der Waals surface area (Å²) in [5.41, 5.74) is 2.09. The number of benzene rings is 1. The van der Waals surface area contributed by atoms with Gasteiger partial charge in [0.05, 0.1) is 18.1 Å². The summed E-state index contributed by atoms with van der Waals surface area (Å²) in [6.07, 6.45) is 3.47. The molecule has 0 radical (unpaired) electrons. The number of ether oxygens (including phenoxy) is 1. The van der Waals surface area contributed by atoms with Crippen molar-refractivity contribution in [3.63, 3.8) is 0 Å². The normalized spacial score (nSPS) is 15.3. The Balaban J connectivity index is 1.63. The van der Waals surface area contributed by atoms with Crippen molar-refractivity contribution < 1.29 is 17.9 Å². The second kappa shape index (κ2) is 9.27. The van der Waals surface area contributed by atoms with E-state index in [-0.39, 0.29) is 10.8 Å². The average Bonchev–Trinajstić information content (AvgIpc) is 2.71. The summed E-state index contributed by atoms with van der Waals surface area (Å²) in [6.45, 7) is 3.22. The number of aryl methyl sites for hydroxylation is 2. The van der Waals surface area contributed by atoms with Crippen LogP contribution in [0.5, 0.6) is 0 Å². The first kappa shape index (κ1) is 20.4. The summed E-state index contributed by atoms with van der Waals surface area (Å²) in [4.78, 5) is 16.7. The standard InChI is InChI=1S/C20H25N3O4S/c1-16-8-9-18(15-19(16)28(25,26)23-11-13-27-14-12-23)22-20(24)7-4-6-17-5-2-3-10-21-17/h2-3,5,8-10,15H,4,6-7,11-14H2,1H3,(H,22,24). The van der Waals surface area contributed by atoms with Gasteiger partial charge in [0.25, 0.3) is 0 Å². The number of rotatable bonds is 7. The molecule has 0 saturated carbocycles. The first-order valence-corrected chi connectivity index (χ1v) is 10.8. The van der Waals surface area contributed by atoms with Gasteiger partial charge in [0.15, 0.2) is 0 Å². The van der Waals surface area contributed by atoms with Crippen LogP contribution in [0.1, 0.15) is 24.1 Å². The molecule has 0 bridgehead atoms. The molecule has 1 amide bonds. The van der Waals surface area contributed by atoms with Crippen molar-refractivity contribution >= 4 is 21.6 Å². The molecule has 150 valence electrons. The Bertz CT molecular complexity index is 910. The van der Waals surface area contributed by atoms with Gasteiger partial charge >= 0.3 is 0 Å². The minimum atomic E-state index is -3.61. The highest BCUT2D eigenvalue weighted by molar-refractivity contribution is 7.89. The number of hydrogen-bond acceptors (Lipinski definition) is 5.